The highest BCUT2D eigenvalue weighted by atomic mass is 16.5. The first-order valence-electron chi connectivity index (χ1n) is 8.99. The minimum atomic E-state index is -0.118. The Balaban J connectivity index is 1.52. The number of nitrogens with one attached hydrogen (secondary N) is 2. The zero-order valence-corrected chi connectivity index (χ0v) is 15.4. The Hall–Kier alpha value is -3.73. The van der Waals surface area contributed by atoms with Crippen LogP contribution in [-0.2, 0) is 11.2 Å². The Bertz CT molecular complexity index is 1100. The third kappa shape index (κ3) is 3.83. The molecule has 28 heavy (non-hydrogen) atoms. The van der Waals surface area contributed by atoms with Crippen molar-refractivity contribution in [3.05, 3.63) is 84.6 Å². The van der Waals surface area contributed by atoms with Crippen molar-refractivity contribution in [1.82, 2.24) is 4.98 Å². The fourth-order valence-corrected chi connectivity index (χ4v) is 3.07. The van der Waals surface area contributed by atoms with Crippen LogP contribution in [0.2, 0.25) is 0 Å². The summed E-state index contributed by atoms with van der Waals surface area (Å²) in [6.07, 6.45) is 2.10. The van der Waals surface area contributed by atoms with Gasteiger partial charge in [0.1, 0.15) is 11.5 Å². The van der Waals surface area contributed by atoms with E-state index in [-0.39, 0.29) is 12.3 Å². The van der Waals surface area contributed by atoms with E-state index in [1.165, 1.54) is 0 Å². The quantitative estimate of drug-likeness (QED) is 0.492. The van der Waals surface area contributed by atoms with E-state index in [0.29, 0.717) is 17.2 Å². The highest BCUT2D eigenvalue weighted by molar-refractivity contribution is 5.97. The van der Waals surface area contributed by atoms with Gasteiger partial charge in [-0.3, -0.25) is 4.79 Å². The van der Waals surface area contributed by atoms with E-state index in [1.54, 1.807) is 7.11 Å². The number of para-hydroxylation sites is 3. The lowest BCUT2D eigenvalue weighted by molar-refractivity contribution is -0.115. The predicted octanol–water partition coefficient (Wildman–Crippen LogP) is 5.15. The van der Waals surface area contributed by atoms with Crippen LogP contribution in [0.4, 0.5) is 5.69 Å². The summed E-state index contributed by atoms with van der Waals surface area (Å²) >= 11 is 0. The number of carbonyl (C=O) groups excluding carboxylic acids is 1. The molecule has 4 aromatic rings. The average Bonchev–Trinajstić information content (AvgIpc) is 3.12. The number of methoxy groups -OCH3 is 1. The van der Waals surface area contributed by atoms with Gasteiger partial charge >= 0.3 is 0 Å². The normalized spacial score (nSPS) is 10.6. The number of hydrogen-bond donors (Lipinski definition) is 2. The topological polar surface area (TPSA) is 63.4 Å². The Kier molecular flexibility index (Phi) is 4.97. The van der Waals surface area contributed by atoms with Crippen molar-refractivity contribution < 1.29 is 14.3 Å². The van der Waals surface area contributed by atoms with Crippen LogP contribution in [0.1, 0.15) is 5.56 Å². The summed E-state index contributed by atoms with van der Waals surface area (Å²) in [6.45, 7) is 0. The minimum absolute atomic E-state index is 0.118. The standard InChI is InChI=1S/C23H20N2O3/c1-27-18-11-12-20-19(14-18)16(15-24-20)13-23(26)25-21-9-5-6-10-22(21)28-17-7-3-2-4-8-17/h2-12,14-15,24H,13H2,1H3,(H,25,26). The predicted molar refractivity (Wildman–Crippen MR) is 110 cm³/mol. The second-order valence-electron chi connectivity index (χ2n) is 6.36. The number of aromatic amines is 1. The highest BCUT2D eigenvalue weighted by Crippen LogP contribution is 2.30. The van der Waals surface area contributed by atoms with Gasteiger partial charge in [-0.25, -0.2) is 0 Å². The van der Waals surface area contributed by atoms with Gasteiger partial charge in [-0.2, -0.15) is 0 Å². The van der Waals surface area contributed by atoms with Crippen LogP contribution >= 0.6 is 0 Å². The molecule has 1 heterocycles. The molecule has 0 radical (unpaired) electrons. The number of aromatic nitrogens is 1. The van der Waals surface area contributed by atoms with E-state index in [4.69, 9.17) is 9.47 Å². The number of hydrogen-bond acceptors (Lipinski definition) is 3. The number of carbonyl (C=O) groups is 1. The van der Waals surface area contributed by atoms with Crippen molar-refractivity contribution >= 4 is 22.5 Å². The summed E-state index contributed by atoms with van der Waals surface area (Å²) in [7, 11) is 1.63. The number of anilines is 1. The van der Waals surface area contributed by atoms with Crippen LogP contribution < -0.4 is 14.8 Å². The van der Waals surface area contributed by atoms with Gasteiger partial charge in [0.25, 0.3) is 0 Å². The fourth-order valence-electron chi connectivity index (χ4n) is 3.07. The van der Waals surface area contributed by atoms with Gasteiger partial charge in [0.15, 0.2) is 5.75 Å². The van der Waals surface area contributed by atoms with Crippen molar-refractivity contribution in [3.63, 3.8) is 0 Å². The minimum Gasteiger partial charge on any atom is -0.497 e. The summed E-state index contributed by atoms with van der Waals surface area (Å²) < 4.78 is 11.2. The van der Waals surface area contributed by atoms with Crippen molar-refractivity contribution in [3.8, 4) is 17.2 Å². The van der Waals surface area contributed by atoms with Gasteiger partial charge < -0.3 is 19.8 Å². The summed E-state index contributed by atoms with van der Waals surface area (Å²) in [5.41, 5.74) is 2.51. The molecule has 2 N–H and O–H groups in total. The van der Waals surface area contributed by atoms with Crippen LogP contribution in [-0.4, -0.2) is 18.0 Å². The largest absolute Gasteiger partial charge is 0.497 e. The monoisotopic (exact) mass is 372 g/mol. The molecular formula is C23H20N2O3. The molecule has 0 unspecified atom stereocenters. The summed E-state index contributed by atoms with van der Waals surface area (Å²) in [5, 5.41) is 3.93. The van der Waals surface area contributed by atoms with Gasteiger partial charge in [-0.05, 0) is 48.0 Å². The molecular weight excluding hydrogens is 352 g/mol. The Labute approximate surface area is 162 Å². The maximum Gasteiger partial charge on any atom is 0.228 e. The first-order chi connectivity index (χ1) is 13.7. The summed E-state index contributed by atoms with van der Waals surface area (Å²) in [6, 6.07) is 22.6. The number of H-pyrrole nitrogens is 1. The number of benzene rings is 3. The molecule has 5 nitrogen and oxygen atoms in total. The molecule has 0 atom stereocenters. The SMILES string of the molecule is COc1ccc2[nH]cc(CC(=O)Nc3ccccc3Oc3ccccc3)c2c1. The first kappa shape index (κ1) is 17.7. The van der Waals surface area contributed by atoms with Gasteiger partial charge in [-0.1, -0.05) is 30.3 Å². The van der Waals surface area contributed by atoms with E-state index in [2.05, 4.69) is 10.3 Å². The van der Waals surface area contributed by atoms with Crippen LogP contribution in [0.15, 0.2) is 79.0 Å². The molecule has 0 bridgehead atoms. The van der Waals surface area contributed by atoms with E-state index < -0.39 is 0 Å². The number of amides is 1. The van der Waals surface area contributed by atoms with Crippen molar-refractivity contribution in [2.75, 3.05) is 12.4 Å². The fraction of sp³-hybridized carbons (Fsp3) is 0.0870. The lowest BCUT2D eigenvalue weighted by atomic mass is 10.1. The molecule has 0 fully saturated rings. The van der Waals surface area contributed by atoms with E-state index in [0.717, 1.165) is 22.2 Å². The lowest BCUT2D eigenvalue weighted by Crippen LogP contribution is -2.14. The van der Waals surface area contributed by atoms with Crippen LogP contribution in [0.3, 0.4) is 0 Å². The maximum atomic E-state index is 12.7. The third-order valence-corrected chi connectivity index (χ3v) is 4.46. The van der Waals surface area contributed by atoms with Crippen molar-refractivity contribution in [2.24, 2.45) is 0 Å². The zero-order valence-electron chi connectivity index (χ0n) is 15.4. The number of rotatable bonds is 6. The second kappa shape index (κ2) is 7.88. The highest BCUT2D eigenvalue weighted by Gasteiger charge is 2.12. The lowest BCUT2D eigenvalue weighted by Gasteiger charge is -2.12. The smallest absolute Gasteiger partial charge is 0.228 e. The molecule has 0 saturated carbocycles. The van der Waals surface area contributed by atoms with Gasteiger partial charge in [0.2, 0.25) is 5.91 Å². The molecule has 140 valence electrons. The van der Waals surface area contributed by atoms with E-state index in [9.17, 15) is 4.79 Å². The van der Waals surface area contributed by atoms with E-state index >= 15 is 0 Å². The van der Waals surface area contributed by atoms with Gasteiger partial charge in [0.05, 0.1) is 19.2 Å². The maximum absolute atomic E-state index is 12.7. The molecule has 1 aromatic heterocycles. The molecule has 0 aliphatic rings. The summed E-state index contributed by atoms with van der Waals surface area (Å²) in [4.78, 5) is 15.9. The zero-order chi connectivity index (χ0) is 19.3. The molecule has 3 aromatic carbocycles. The van der Waals surface area contributed by atoms with Crippen LogP contribution in [0.25, 0.3) is 10.9 Å². The van der Waals surface area contributed by atoms with Crippen LogP contribution in [0, 0.1) is 0 Å². The molecule has 0 saturated heterocycles. The first-order valence-corrected chi connectivity index (χ1v) is 8.99. The molecule has 1 amide bonds. The van der Waals surface area contributed by atoms with Gasteiger partial charge in [0, 0.05) is 17.1 Å². The molecule has 4 rings (SSSR count). The van der Waals surface area contributed by atoms with Crippen LogP contribution in [0.5, 0.6) is 17.2 Å². The molecule has 0 spiro atoms. The van der Waals surface area contributed by atoms with Crippen molar-refractivity contribution in [2.45, 2.75) is 6.42 Å². The number of fused-ring (bicyclic) bond motifs is 1. The average molecular weight is 372 g/mol. The Morgan fingerprint density at radius 1 is 0.964 bits per heavy atom. The third-order valence-electron chi connectivity index (χ3n) is 4.46. The molecule has 0 aliphatic heterocycles. The molecule has 0 aliphatic carbocycles. The second-order valence-corrected chi connectivity index (χ2v) is 6.36. The molecule has 5 heteroatoms. The number of ether oxygens (including phenoxy) is 2. The van der Waals surface area contributed by atoms with Crippen molar-refractivity contribution in [1.29, 1.82) is 0 Å². The summed E-state index contributed by atoms with van der Waals surface area (Å²) in [5.74, 6) is 1.96. The van der Waals surface area contributed by atoms with E-state index in [1.807, 2.05) is 79.0 Å². The van der Waals surface area contributed by atoms with Gasteiger partial charge in [-0.15, -0.1) is 0 Å². The Morgan fingerprint density at radius 2 is 1.75 bits per heavy atom. The Morgan fingerprint density at radius 3 is 2.57 bits per heavy atom.